The first-order chi connectivity index (χ1) is 28.5. The molecule has 59 heavy (non-hydrogen) atoms. The Bertz CT molecular complexity index is 2460. The summed E-state index contributed by atoms with van der Waals surface area (Å²) >= 11 is 0. The van der Waals surface area contributed by atoms with Crippen molar-refractivity contribution in [2.45, 2.75) is 57.0 Å². The number of rotatable bonds is 10. The minimum absolute atomic E-state index is 0.0602. The van der Waals surface area contributed by atoms with E-state index in [1.54, 1.807) is 44.2 Å². The molecular weight excluding hydrogens is 751 g/mol. The van der Waals surface area contributed by atoms with Crippen molar-refractivity contribution in [3.8, 4) is 22.6 Å². The molecule has 4 aromatic rings. The molecule has 1 N–H and O–H groups in total. The summed E-state index contributed by atoms with van der Waals surface area (Å²) in [6.07, 6.45) is 8.39. The number of benzene rings is 2. The van der Waals surface area contributed by atoms with Crippen LogP contribution in [0.3, 0.4) is 0 Å². The molecule has 5 fully saturated rings. The van der Waals surface area contributed by atoms with Crippen LogP contribution in [0, 0.1) is 11.3 Å². The third-order valence-electron chi connectivity index (χ3n) is 13.7. The number of amides is 4. The fraction of sp³-hybridized carbons (Fsp3) is 0.467. The summed E-state index contributed by atoms with van der Waals surface area (Å²) in [6.45, 7) is 7.76. The lowest BCUT2D eigenvalue weighted by Gasteiger charge is -2.55. The first kappa shape index (κ1) is 37.7. The normalized spacial score (nSPS) is 22.1. The number of hydrogen-bond donors (Lipinski definition) is 1. The van der Waals surface area contributed by atoms with Crippen LogP contribution in [0.25, 0.3) is 21.9 Å². The number of nitrogens with one attached hydrogen (secondary N) is 1. The summed E-state index contributed by atoms with van der Waals surface area (Å²) in [7, 11) is 5.18. The van der Waals surface area contributed by atoms with E-state index in [1.165, 1.54) is 0 Å². The SMILES string of the molecule is COc1cc(-c2cn(C)c(=O)c3cnc(C4CC4)cc23)cc(OC)c1CN1CC(CN2CCC3(CC2)CN(c2ccc4c(c2)C(=O)N(C2CCC(=O)NC2=O)C4=O)C3)C1. The van der Waals surface area contributed by atoms with Gasteiger partial charge in [0.05, 0.1) is 36.3 Å². The number of pyridine rings is 2. The third-order valence-corrected chi connectivity index (χ3v) is 13.7. The minimum Gasteiger partial charge on any atom is -0.496 e. The highest BCUT2D eigenvalue weighted by molar-refractivity contribution is 6.23. The van der Waals surface area contributed by atoms with Crippen molar-refractivity contribution >= 4 is 40.1 Å². The molecule has 1 atom stereocenters. The number of anilines is 1. The van der Waals surface area contributed by atoms with Crippen LogP contribution in [0.5, 0.6) is 11.5 Å². The maximum Gasteiger partial charge on any atom is 0.262 e. The van der Waals surface area contributed by atoms with Gasteiger partial charge < -0.3 is 23.8 Å². The van der Waals surface area contributed by atoms with Gasteiger partial charge in [-0.3, -0.25) is 44.1 Å². The molecular formula is C45H49N7O7. The highest BCUT2D eigenvalue weighted by Gasteiger charge is 2.48. The first-order valence-electron chi connectivity index (χ1n) is 20.8. The lowest BCUT2D eigenvalue weighted by molar-refractivity contribution is -0.136. The Labute approximate surface area is 342 Å². The minimum atomic E-state index is -0.964. The van der Waals surface area contributed by atoms with E-state index in [-0.39, 0.29) is 29.7 Å². The Kier molecular flexibility index (Phi) is 9.13. The van der Waals surface area contributed by atoms with E-state index in [0.29, 0.717) is 28.3 Å². The van der Waals surface area contributed by atoms with Crippen LogP contribution < -0.4 is 25.2 Å². The number of aromatic nitrogens is 2. The fourth-order valence-electron chi connectivity index (χ4n) is 10.1. The zero-order valence-corrected chi connectivity index (χ0v) is 33.8. The van der Waals surface area contributed by atoms with E-state index in [0.717, 1.165) is 128 Å². The predicted molar refractivity (Wildman–Crippen MR) is 220 cm³/mol. The van der Waals surface area contributed by atoms with E-state index in [9.17, 15) is 24.0 Å². The van der Waals surface area contributed by atoms with Crippen molar-refractivity contribution in [3.05, 3.63) is 81.5 Å². The molecule has 7 heterocycles. The van der Waals surface area contributed by atoms with Crippen molar-refractivity contribution in [1.82, 2.24) is 29.6 Å². The van der Waals surface area contributed by atoms with Gasteiger partial charge in [0.15, 0.2) is 0 Å². The van der Waals surface area contributed by atoms with Crippen LogP contribution in [0.4, 0.5) is 5.69 Å². The van der Waals surface area contributed by atoms with Crippen LogP contribution in [0.15, 0.2) is 53.6 Å². The van der Waals surface area contributed by atoms with Crippen molar-refractivity contribution in [1.29, 1.82) is 0 Å². The zero-order chi connectivity index (χ0) is 40.7. The Hall–Kier alpha value is -5.60. The third kappa shape index (κ3) is 6.56. The van der Waals surface area contributed by atoms with E-state index in [2.05, 4.69) is 43.2 Å². The van der Waals surface area contributed by atoms with E-state index in [1.807, 2.05) is 12.3 Å². The summed E-state index contributed by atoms with van der Waals surface area (Å²) in [5.41, 5.74) is 5.69. The molecule has 0 bridgehead atoms. The van der Waals surface area contributed by atoms with Gasteiger partial charge in [0.2, 0.25) is 11.8 Å². The Morgan fingerprint density at radius 2 is 1.54 bits per heavy atom. The highest BCUT2D eigenvalue weighted by atomic mass is 16.5. The van der Waals surface area contributed by atoms with Crippen molar-refractivity contribution in [2.24, 2.45) is 18.4 Å². The second-order valence-corrected chi connectivity index (χ2v) is 17.6. The molecule has 1 saturated carbocycles. The summed E-state index contributed by atoms with van der Waals surface area (Å²) in [5.74, 6) is 0.676. The standard InChI is InChI=1S/C45H49N7O7/c1-48-22-34(31-17-36(27-4-5-27)46-18-33(31)42(48)55)28-14-38(58-2)35(39(15-28)59-3)23-50-20-26(21-50)19-49-12-10-45(11-13-49)24-51(25-45)29-6-7-30-32(16-29)44(57)52(43(30)56)37-8-9-40(53)47-41(37)54/h6-7,14-18,22,26-27,37H,4-5,8-13,19-21,23-25H2,1-3H3,(H,47,53,54). The lowest BCUT2D eigenvalue weighted by atomic mass is 9.71. The Morgan fingerprint density at radius 1 is 0.831 bits per heavy atom. The average Bonchev–Trinajstić information content (AvgIpc) is 4.04. The maximum atomic E-state index is 13.4. The lowest BCUT2D eigenvalue weighted by Crippen LogP contribution is -2.61. The second-order valence-electron chi connectivity index (χ2n) is 17.6. The summed E-state index contributed by atoms with van der Waals surface area (Å²) in [4.78, 5) is 76.7. The van der Waals surface area contributed by atoms with Crippen molar-refractivity contribution in [2.75, 3.05) is 64.9 Å². The van der Waals surface area contributed by atoms with Gasteiger partial charge in [0.1, 0.15) is 17.5 Å². The van der Waals surface area contributed by atoms with Gasteiger partial charge in [-0.05, 0) is 98.5 Å². The van der Waals surface area contributed by atoms with Crippen LogP contribution in [0.1, 0.15) is 76.4 Å². The Morgan fingerprint density at radius 3 is 2.22 bits per heavy atom. The van der Waals surface area contributed by atoms with Crippen molar-refractivity contribution < 1.29 is 28.7 Å². The molecule has 0 radical (unpaired) electrons. The van der Waals surface area contributed by atoms with Crippen molar-refractivity contribution in [3.63, 3.8) is 0 Å². The number of aryl methyl sites for hydroxylation is 1. The molecule has 2 aromatic carbocycles. The largest absolute Gasteiger partial charge is 0.496 e. The molecule has 6 aliphatic rings. The van der Waals surface area contributed by atoms with Crippen LogP contribution in [0.2, 0.25) is 0 Å². The molecule has 14 heteroatoms. The number of imide groups is 2. The summed E-state index contributed by atoms with van der Waals surface area (Å²) < 4.78 is 13.6. The zero-order valence-electron chi connectivity index (χ0n) is 33.8. The number of nitrogens with zero attached hydrogens (tertiary/aromatic N) is 6. The second kappa shape index (κ2) is 14.3. The molecule has 1 aliphatic carbocycles. The molecule has 1 unspecified atom stereocenters. The molecule has 4 saturated heterocycles. The maximum absolute atomic E-state index is 13.4. The highest BCUT2D eigenvalue weighted by Crippen LogP contribution is 2.45. The predicted octanol–water partition coefficient (Wildman–Crippen LogP) is 3.93. The quantitative estimate of drug-likeness (QED) is 0.233. The van der Waals surface area contributed by atoms with Gasteiger partial charge in [-0.25, -0.2) is 0 Å². The molecule has 4 amide bonds. The van der Waals surface area contributed by atoms with E-state index in [4.69, 9.17) is 9.47 Å². The topological polar surface area (TPSA) is 147 Å². The fourth-order valence-corrected chi connectivity index (χ4v) is 10.1. The Balaban J connectivity index is 0.737. The number of ether oxygens (including phenoxy) is 2. The molecule has 1 spiro atoms. The van der Waals surface area contributed by atoms with Crippen LogP contribution >= 0.6 is 0 Å². The number of methoxy groups -OCH3 is 2. The smallest absolute Gasteiger partial charge is 0.262 e. The molecule has 10 rings (SSSR count). The van der Waals surface area contributed by atoms with Gasteiger partial charge >= 0.3 is 0 Å². The van der Waals surface area contributed by atoms with Crippen LogP contribution in [-0.4, -0.2) is 114 Å². The van der Waals surface area contributed by atoms with E-state index >= 15 is 0 Å². The molecule has 5 aliphatic heterocycles. The molecule has 306 valence electrons. The first-order valence-corrected chi connectivity index (χ1v) is 20.8. The molecule has 14 nitrogen and oxygen atoms in total. The number of piperidine rings is 2. The van der Waals surface area contributed by atoms with Gasteiger partial charge in [0, 0.05) is 93.4 Å². The van der Waals surface area contributed by atoms with E-state index < -0.39 is 23.8 Å². The van der Waals surface area contributed by atoms with Gasteiger partial charge in [0.25, 0.3) is 17.4 Å². The number of carbonyl (C=O) groups excluding carboxylic acids is 4. The number of carbonyl (C=O) groups is 4. The van der Waals surface area contributed by atoms with Gasteiger partial charge in [-0.2, -0.15) is 0 Å². The monoisotopic (exact) mass is 799 g/mol. The number of hydrogen-bond acceptors (Lipinski definition) is 11. The average molecular weight is 800 g/mol. The number of likely N-dealkylation sites (tertiary alicyclic amines) is 2. The summed E-state index contributed by atoms with van der Waals surface area (Å²) in [6, 6.07) is 10.7. The summed E-state index contributed by atoms with van der Waals surface area (Å²) in [5, 5.41) is 3.77. The van der Waals surface area contributed by atoms with Gasteiger partial charge in [-0.15, -0.1) is 0 Å². The van der Waals surface area contributed by atoms with Gasteiger partial charge in [-0.1, -0.05) is 0 Å². The van der Waals surface area contributed by atoms with Crippen LogP contribution in [-0.2, 0) is 23.2 Å². The number of fused-ring (bicyclic) bond motifs is 2. The molecule has 2 aromatic heterocycles.